The average Bonchev–Trinajstić information content (AvgIpc) is 3.50. The predicted molar refractivity (Wildman–Crippen MR) is 172 cm³/mol. The van der Waals surface area contributed by atoms with Gasteiger partial charge in [0.15, 0.2) is 5.75 Å². The van der Waals surface area contributed by atoms with Crippen molar-refractivity contribution >= 4 is 17.5 Å². The molecule has 0 aliphatic carbocycles. The van der Waals surface area contributed by atoms with Gasteiger partial charge in [-0.05, 0) is 87.5 Å². The molecule has 228 valence electrons. The number of carbonyl (C=O) groups is 1. The summed E-state index contributed by atoms with van der Waals surface area (Å²) in [4.78, 5) is 15.5. The predicted octanol–water partition coefficient (Wildman–Crippen LogP) is 6.08. The maximum absolute atomic E-state index is 13.1. The summed E-state index contributed by atoms with van der Waals surface area (Å²) in [5.41, 5.74) is 2.07. The molecule has 0 spiro atoms. The number of methoxy groups -OCH3 is 1. The summed E-state index contributed by atoms with van der Waals surface area (Å²) in [6.07, 6.45) is 5.44. The molecule has 0 aromatic heterocycles. The lowest BCUT2D eigenvalue weighted by Crippen LogP contribution is -2.40. The number of nitrogens with zero attached hydrogens (tertiary/aromatic N) is 2. The molecule has 0 saturated carbocycles. The van der Waals surface area contributed by atoms with E-state index in [1.54, 1.807) is 6.07 Å². The molecule has 1 fully saturated rings. The van der Waals surface area contributed by atoms with Crippen LogP contribution in [0.2, 0.25) is 5.02 Å². The number of phenols is 1. The van der Waals surface area contributed by atoms with E-state index in [1.165, 1.54) is 7.11 Å². The molecule has 4 rings (SSSR count). The Hall–Kier alpha value is -3.57. The summed E-state index contributed by atoms with van der Waals surface area (Å²) in [7, 11) is 1.45. The average molecular weight is 603 g/mol. The van der Waals surface area contributed by atoms with Gasteiger partial charge in [-0.1, -0.05) is 79.2 Å². The van der Waals surface area contributed by atoms with Gasteiger partial charge in [0.2, 0.25) is 0 Å². The highest BCUT2D eigenvalue weighted by atomic mass is 35.5. The fourth-order valence-corrected chi connectivity index (χ4v) is 6.43. The lowest BCUT2D eigenvalue weighted by Gasteiger charge is -2.28. The van der Waals surface area contributed by atoms with Crippen LogP contribution in [0.1, 0.15) is 66.1 Å². The van der Waals surface area contributed by atoms with Crippen molar-refractivity contribution in [2.75, 3.05) is 39.8 Å². The third-order valence-electron chi connectivity index (χ3n) is 8.54. The number of amides is 1. The Labute approximate surface area is 260 Å². The smallest absolute Gasteiger partial charge is 0.258 e. The number of phenolic OH excluding ortho intramolecular Hbond substituents is 1. The van der Waals surface area contributed by atoms with Gasteiger partial charge in [-0.25, -0.2) is 0 Å². The molecule has 8 heteroatoms. The maximum Gasteiger partial charge on any atom is 0.258 e. The molecule has 3 N–H and O–H groups in total. The summed E-state index contributed by atoms with van der Waals surface area (Å²) >= 11 is 6.32. The van der Waals surface area contributed by atoms with Gasteiger partial charge in [0.1, 0.15) is 16.7 Å². The molecule has 0 unspecified atom stereocenters. The first-order valence-corrected chi connectivity index (χ1v) is 15.7. The number of carbonyl (C=O) groups excluding carboxylic acids is 1. The molecular weight excluding hydrogens is 560 g/mol. The highest BCUT2D eigenvalue weighted by Crippen LogP contribution is 2.38. The van der Waals surface area contributed by atoms with E-state index in [9.17, 15) is 15.2 Å². The van der Waals surface area contributed by atoms with Crippen LogP contribution in [-0.4, -0.2) is 61.8 Å². The van der Waals surface area contributed by atoms with Crippen LogP contribution in [0.25, 0.3) is 0 Å². The van der Waals surface area contributed by atoms with Crippen LogP contribution in [0.3, 0.4) is 0 Å². The molecule has 1 aliphatic heterocycles. The van der Waals surface area contributed by atoms with Crippen LogP contribution in [0.5, 0.6) is 11.5 Å². The van der Waals surface area contributed by atoms with Crippen molar-refractivity contribution in [2.24, 2.45) is 0 Å². The van der Waals surface area contributed by atoms with Crippen LogP contribution in [0.4, 0.5) is 0 Å². The van der Waals surface area contributed by atoms with E-state index in [0.29, 0.717) is 30.0 Å². The molecule has 7 nitrogen and oxygen atoms in total. The Kier molecular flexibility index (Phi) is 11.9. The second-order valence-electron chi connectivity index (χ2n) is 11.1. The minimum atomic E-state index is -0.688. The molecule has 1 saturated heterocycles. The first-order valence-electron chi connectivity index (χ1n) is 15.3. The Balaban J connectivity index is 1.24. The minimum Gasteiger partial charge on any atom is -0.507 e. The lowest BCUT2D eigenvalue weighted by molar-refractivity contribution is 0.0934. The number of ether oxygens (including phenoxy) is 1. The largest absolute Gasteiger partial charge is 0.507 e. The highest BCUT2D eigenvalue weighted by Gasteiger charge is 2.34. The van der Waals surface area contributed by atoms with Crippen molar-refractivity contribution in [2.45, 2.75) is 56.9 Å². The Morgan fingerprint density at radius 1 is 1.12 bits per heavy atom. The number of hydrogen-bond acceptors (Lipinski definition) is 6. The van der Waals surface area contributed by atoms with E-state index >= 15 is 0 Å². The summed E-state index contributed by atoms with van der Waals surface area (Å²) in [5, 5.41) is 27.9. The number of hydrogen-bond donors (Lipinski definition) is 3. The van der Waals surface area contributed by atoms with Gasteiger partial charge in [-0.3, -0.25) is 9.69 Å². The lowest BCUT2D eigenvalue weighted by atomic mass is 9.73. The quantitative estimate of drug-likeness (QED) is 0.182. The Morgan fingerprint density at radius 2 is 1.79 bits per heavy atom. The van der Waals surface area contributed by atoms with Crippen molar-refractivity contribution in [1.29, 1.82) is 5.26 Å². The van der Waals surface area contributed by atoms with Gasteiger partial charge >= 0.3 is 0 Å². The summed E-state index contributed by atoms with van der Waals surface area (Å²) in [5.74, 6) is -0.247. The van der Waals surface area contributed by atoms with Crippen molar-refractivity contribution in [3.8, 4) is 17.6 Å². The molecule has 43 heavy (non-hydrogen) atoms. The van der Waals surface area contributed by atoms with Gasteiger partial charge < -0.3 is 20.5 Å². The molecule has 0 radical (unpaired) electrons. The summed E-state index contributed by atoms with van der Waals surface area (Å²) in [6, 6.07) is 24.7. The fraction of sp³-hybridized carbons (Fsp3) is 0.429. The molecule has 1 atom stereocenters. The number of benzene rings is 3. The topological polar surface area (TPSA) is 97.6 Å². The third-order valence-corrected chi connectivity index (χ3v) is 8.83. The first kappa shape index (κ1) is 32.3. The van der Waals surface area contributed by atoms with Crippen LogP contribution >= 0.6 is 11.6 Å². The van der Waals surface area contributed by atoms with Gasteiger partial charge in [0, 0.05) is 12.6 Å². The van der Waals surface area contributed by atoms with Crippen molar-refractivity contribution < 1.29 is 14.6 Å². The highest BCUT2D eigenvalue weighted by molar-refractivity contribution is 6.33. The molecule has 3 aromatic carbocycles. The number of aryl methyl sites for hydroxylation is 1. The number of halogens is 1. The normalized spacial score (nSPS) is 15.3. The second-order valence-corrected chi connectivity index (χ2v) is 11.5. The van der Waals surface area contributed by atoms with Gasteiger partial charge in [-0.15, -0.1) is 0 Å². The number of nitrogens with one attached hydrogen (secondary N) is 2. The maximum atomic E-state index is 13.1. The molecule has 1 amide bonds. The molecule has 3 aromatic rings. The van der Waals surface area contributed by atoms with E-state index < -0.39 is 5.41 Å². The van der Waals surface area contributed by atoms with E-state index in [1.807, 2.05) is 67.6 Å². The molecule has 1 heterocycles. The summed E-state index contributed by atoms with van der Waals surface area (Å²) < 4.78 is 5.35. The standard InChI is InChI=1S/C35H43ClN4O3/c1-3-26-23-30(36)33(43-2)31(32(26)41)34(42)39-24-29-17-12-22-40(29)21-11-10-19-38-20-18-35(25-37,27-13-6-4-7-14-27)28-15-8-5-9-16-28/h4-9,13-16,23,29,38,41H,3,10-12,17-22,24H2,1-2H3,(H,39,42)/t29-/m0/s1. The Bertz CT molecular complexity index is 1340. The fourth-order valence-electron chi connectivity index (χ4n) is 6.13. The van der Waals surface area contributed by atoms with Crippen LogP contribution in [-0.2, 0) is 11.8 Å². The van der Waals surface area contributed by atoms with Crippen molar-refractivity contribution in [1.82, 2.24) is 15.5 Å². The van der Waals surface area contributed by atoms with Gasteiger partial charge in [0.05, 0.1) is 18.2 Å². The van der Waals surface area contributed by atoms with Crippen molar-refractivity contribution in [3.63, 3.8) is 0 Å². The Morgan fingerprint density at radius 3 is 2.40 bits per heavy atom. The summed E-state index contributed by atoms with van der Waals surface area (Å²) in [6.45, 7) is 6.01. The zero-order chi connectivity index (χ0) is 30.7. The van der Waals surface area contributed by atoms with E-state index in [2.05, 4.69) is 21.6 Å². The third kappa shape index (κ3) is 7.69. The van der Waals surface area contributed by atoms with E-state index in [-0.39, 0.29) is 29.0 Å². The van der Waals surface area contributed by atoms with Crippen LogP contribution in [0.15, 0.2) is 66.7 Å². The molecule has 0 bridgehead atoms. The second kappa shape index (κ2) is 15.8. The van der Waals surface area contributed by atoms with E-state index in [0.717, 1.165) is 63.0 Å². The molecule has 1 aliphatic rings. The number of rotatable bonds is 15. The number of unbranched alkanes of at least 4 members (excludes halogenated alkanes) is 1. The van der Waals surface area contributed by atoms with Crippen LogP contribution in [0, 0.1) is 11.3 Å². The van der Waals surface area contributed by atoms with Crippen molar-refractivity contribution in [3.05, 3.63) is 94.0 Å². The SMILES string of the molecule is CCc1cc(Cl)c(OC)c(C(=O)NC[C@@H]2CCCN2CCCCNCCC(C#N)(c2ccccc2)c2ccccc2)c1O. The van der Waals surface area contributed by atoms with Gasteiger partial charge in [0.25, 0.3) is 5.91 Å². The molecular formula is C35H43ClN4O3. The zero-order valence-electron chi connectivity index (χ0n) is 25.2. The van der Waals surface area contributed by atoms with E-state index in [4.69, 9.17) is 16.3 Å². The monoisotopic (exact) mass is 602 g/mol. The number of likely N-dealkylation sites (tertiary alicyclic amines) is 1. The minimum absolute atomic E-state index is 0.0726. The number of aromatic hydroxyl groups is 1. The first-order chi connectivity index (χ1) is 20.9. The van der Waals surface area contributed by atoms with Crippen LogP contribution < -0.4 is 15.4 Å². The zero-order valence-corrected chi connectivity index (χ0v) is 26.0. The number of nitriles is 1. The van der Waals surface area contributed by atoms with Gasteiger partial charge in [-0.2, -0.15) is 5.26 Å².